The molecule has 1 saturated carbocycles. The maximum atomic E-state index is 10.8. The predicted molar refractivity (Wildman–Crippen MR) is 60.9 cm³/mol. The van der Waals surface area contributed by atoms with E-state index in [-0.39, 0.29) is 6.54 Å². The van der Waals surface area contributed by atoms with Gasteiger partial charge in [-0.05, 0) is 32.2 Å². The van der Waals surface area contributed by atoms with Crippen LogP contribution in [0.15, 0.2) is 0 Å². The van der Waals surface area contributed by atoms with Crippen molar-refractivity contribution in [3.8, 4) is 6.07 Å². The third-order valence-electron chi connectivity index (χ3n) is 3.16. The van der Waals surface area contributed by atoms with Gasteiger partial charge >= 0.3 is 5.97 Å². The Hall–Kier alpha value is -1.08. The lowest BCUT2D eigenvalue weighted by Gasteiger charge is -2.26. The van der Waals surface area contributed by atoms with E-state index in [9.17, 15) is 4.79 Å². The quantitative estimate of drug-likeness (QED) is 0.672. The van der Waals surface area contributed by atoms with Crippen molar-refractivity contribution < 1.29 is 9.90 Å². The average molecular weight is 224 g/mol. The molecule has 0 aromatic rings. The molecule has 0 aliphatic heterocycles. The minimum absolute atomic E-state index is 0.150. The first-order valence-corrected chi connectivity index (χ1v) is 6.07. The van der Waals surface area contributed by atoms with E-state index in [0.717, 1.165) is 32.2 Å². The van der Waals surface area contributed by atoms with Crippen molar-refractivity contribution in [2.45, 2.75) is 51.0 Å². The molecule has 0 atom stereocenters. The van der Waals surface area contributed by atoms with Gasteiger partial charge in [-0.3, -0.25) is 9.69 Å². The lowest BCUT2D eigenvalue weighted by molar-refractivity contribution is -0.138. The summed E-state index contributed by atoms with van der Waals surface area (Å²) in [6.45, 7) is 0.968. The van der Waals surface area contributed by atoms with Crippen molar-refractivity contribution in [2.75, 3.05) is 13.1 Å². The number of rotatable bonds is 7. The molecule has 0 heterocycles. The van der Waals surface area contributed by atoms with Gasteiger partial charge in [0.05, 0.1) is 12.6 Å². The molecule has 90 valence electrons. The lowest BCUT2D eigenvalue weighted by Crippen LogP contribution is -2.38. The Morgan fingerprint density at radius 1 is 1.38 bits per heavy atom. The summed E-state index contributed by atoms with van der Waals surface area (Å²) >= 11 is 0. The van der Waals surface area contributed by atoms with Crippen LogP contribution >= 0.6 is 0 Å². The fourth-order valence-corrected chi connectivity index (χ4v) is 2.35. The standard InChI is InChI=1S/C12H20N2O2/c13-8-4-1-5-9-14(10-12(15)16)11-6-2-3-7-11/h11H,1-7,9-10H2,(H,15,16). The normalized spacial score (nSPS) is 16.5. The molecular formula is C12H20N2O2. The minimum atomic E-state index is -0.743. The summed E-state index contributed by atoms with van der Waals surface area (Å²) in [5.41, 5.74) is 0. The molecule has 1 aliphatic carbocycles. The largest absolute Gasteiger partial charge is 0.480 e. The zero-order valence-corrected chi connectivity index (χ0v) is 9.69. The van der Waals surface area contributed by atoms with Gasteiger partial charge in [-0.2, -0.15) is 5.26 Å². The van der Waals surface area contributed by atoms with E-state index in [1.165, 1.54) is 12.8 Å². The Bertz CT molecular complexity index is 254. The number of carboxylic acid groups (broad SMARTS) is 1. The molecule has 0 bridgehead atoms. The van der Waals surface area contributed by atoms with Gasteiger partial charge in [0, 0.05) is 12.5 Å². The first-order chi connectivity index (χ1) is 7.74. The van der Waals surface area contributed by atoms with Gasteiger partial charge in [-0.15, -0.1) is 0 Å². The molecule has 0 radical (unpaired) electrons. The molecule has 4 heteroatoms. The van der Waals surface area contributed by atoms with Gasteiger partial charge in [-0.1, -0.05) is 12.8 Å². The van der Waals surface area contributed by atoms with E-state index in [1.54, 1.807) is 0 Å². The molecule has 0 unspecified atom stereocenters. The third kappa shape index (κ3) is 4.63. The topological polar surface area (TPSA) is 64.3 Å². The average Bonchev–Trinajstić information content (AvgIpc) is 2.75. The van der Waals surface area contributed by atoms with Gasteiger partial charge in [0.1, 0.15) is 0 Å². The van der Waals surface area contributed by atoms with Crippen LogP contribution in [0.3, 0.4) is 0 Å². The number of carboxylic acids is 1. The first kappa shape index (κ1) is 13.0. The highest BCUT2D eigenvalue weighted by Crippen LogP contribution is 2.23. The number of nitriles is 1. The zero-order valence-electron chi connectivity index (χ0n) is 9.69. The minimum Gasteiger partial charge on any atom is -0.480 e. The van der Waals surface area contributed by atoms with Crippen molar-refractivity contribution in [1.82, 2.24) is 4.90 Å². The monoisotopic (exact) mass is 224 g/mol. The van der Waals surface area contributed by atoms with Crippen LogP contribution in [-0.2, 0) is 4.79 Å². The number of aliphatic carboxylic acids is 1. The Balaban J connectivity index is 2.31. The number of hydrogen-bond donors (Lipinski definition) is 1. The Morgan fingerprint density at radius 3 is 2.62 bits per heavy atom. The summed E-state index contributed by atoms with van der Waals surface area (Å²) in [4.78, 5) is 12.8. The highest BCUT2D eigenvalue weighted by molar-refractivity contribution is 5.69. The fourth-order valence-electron chi connectivity index (χ4n) is 2.35. The summed E-state index contributed by atoms with van der Waals surface area (Å²) in [5, 5.41) is 17.3. The third-order valence-corrected chi connectivity index (χ3v) is 3.16. The number of unbranched alkanes of at least 4 members (excludes halogenated alkanes) is 2. The molecule has 4 nitrogen and oxygen atoms in total. The van der Waals surface area contributed by atoms with Gasteiger partial charge in [0.25, 0.3) is 0 Å². The molecule has 0 spiro atoms. The SMILES string of the molecule is N#CCCCCN(CC(=O)O)C1CCCC1. The molecule has 0 amide bonds. The summed E-state index contributed by atoms with van der Waals surface area (Å²) in [6, 6.07) is 2.57. The van der Waals surface area contributed by atoms with Crippen LogP contribution in [0.4, 0.5) is 0 Å². The van der Waals surface area contributed by atoms with Crippen LogP contribution in [0.25, 0.3) is 0 Å². The predicted octanol–water partition coefficient (Wildman–Crippen LogP) is 2.01. The second kappa shape index (κ2) is 7.24. The van der Waals surface area contributed by atoms with Gasteiger partial charge in [-0.25, -0.2) is 0 Å². The smallest absolute Gasteiger partial charge is 0.317 e. The van der Waals surface area contributed by atoms with E-state index >= 15 is 0 Å². The van der Waals surface area contributed by atoms with Crippen LogP contribution in [0.5, 0.6) is 0 Å². The highest BCUT2D eigenvalue weighted by Gasteiger charge is 2.23. The van der Waals surface area contributed by atoms with Crippen molar-refractivity contribution in [3.05, 3.63) is 0 Å². The van der Waals surface area contributed by atoms with E-state index in [4.69, 9.17) is 10.4 Å². The summed E-state index contributed by atoms with van der Waals surface area (Å²) < 4.78 is 0. The van der Waals surface area contributed by atoms with Crippen LogP contribution in [-0.4, -0.2) is 35.1 Å². The van der Waals surface area contributed by atoms with Crippen molar-refractivity contribution in [3.63, 3.8) is 0 Å². The van der Waals surface area contributed by atoms with Crippen molar-refractivity contribution >= 4 is 5.97 Å². The van der Waals surface area contributed by atoms with Gasteiger partial charge in [0.2, 0.25) is 0 Å². The Morgan fingerprint density at radius 2 is 2.06 bits per heavy atom. The first-order valence-electron chi connectivity index (χ1n) is 6.07. The summed E-state index contributed by atoms with van der Waals surface area (Å²) in [6.07, 6.45) is 7.08. The van der Waals surface area contributed by atoms with Crippen LogP contribution in [0.2, 0.25) is 0 Å². The number of hydrogen-bond acceptors (Lipinski definition) is 3. The molecule has 16 heavy (non-hydrogen) atoms. The number of carbonyl (C=O) groups is 1. The van der Waals surface area contributed by atoms with E-state index in [1.807, 2.05) is 0 Å². The van der Waals surface area contributed by atoms with Crippen LogP contribution in [0, 0.1) is 11.3 Å². The summed E-state index contributed by atoms with van der Waals surface area (Å²) in [5.74, 6) is -0.743. The Labute approximate surface area is 96.9 Å². The molecule has 1 rings (SSSR count). The molecule has 1 aliphatic rings. The van der Waals surface area contributed by atoms with Crippen LogP contribution in [0.1, 0.15) is 44.9 Å². The maximum absolute atomic E-state index is 10.8. The second-order valence-electron chi connectivity index (χ2n) is 4.42. The molecule has 1 N–H and O–H groups in total. The van der Waals surface area contributed by atoms with E-state index in [0.29, 0.717) is 12.5 Å². The zero-order chi connectivity index (χ0) is 11.8. The van der Waals surface area contributed by atoms with E-state index < -0.39 is 5.97 Å². The fraction of sp³-hybridized carbons (Fsp3) is 0.833. The molecule has 0 aromatic carbocycles. The van der Waals surface area contributed by atoms with E-state index in [2.05, 4.69) is 11.0 Å². The lowest BCUT2D eigenvalue weighted by atomic mass is 10.1. The van der Waals surface area contributed by atoms with Crippen molar-refractivity contribution in [2.24, 2.45) is 0 Å². The Kier molecular flexibility index (Phi) is 5.87. The van der Waals surface area contributed by atoms with Crippen LogP contribution < -0.4 is 0 Å². The van der Waals surface area contributed by atoms with Crippen molar-refractivity contribution in [1.29, 1.82) is 5.26 Å². The molecule has 1 fully saturated rings. The number of nitrogens with zero attached hydrogens (tertiary/aromatic N) is 2. The maximum Gasteiger partial charge on any atom is 0.317 e. The molecular weight excluding hydrogens is 204 g/mol. The van der Waals surface area contributed by atoms with Gasteiger partial charge in [0.15, 0.2) is 0 Å². The highest BCUT2D eigenvalue weighted by atomic mass is 16.4. The molecule has 0 aromatic heterocycles. The van der Waals surface area contributed by atoms with Gasteiger partial charge < -0.3 is 5.11 Å². The second-order valence-corrected chi connectivity index (χ2v) is 4.42. The summed E-state index contributed by atoms with van der Waals surface area (Å²) in [7, 11) is 0. The molecule has 0 saturated heterocycles.